The smallest absolute Gasteiger partial charge is 0.264 e. The van der Waals surface area contributed by atoms with E-state index in [-0.39, 0.29) is 29.1 Å². The van der Waals surface area contributed by atoms with Crippen molar-refractivity contribution in [2.24, 2.45) is 0 Å². The van der Waals surface area contributed by atoms with Crippen LogP contribution >= 0.6 is 0 Å². The Morgan fingerprint density at radius 1 is 0.818 bits per heavy atom. The van der Waals surface area contributed by atoms with Crippen LogP contribution in [0, 0.1) is 18.6 Å². The molecule has 230 valence electrons. The summed E-state index contributed by atoms with van der Waals surface area (Å²) in [6.45, 7) is 2.87. The monoisotopic (exact) mass is 619 g/mol. The van der Waals surface area contributed by atoms with E-state index >= 15 is 4.39 Å². The van der Waals surface area contributed by atoms with Gasteiger partial charge in [0.25, 0.3) is 10.0 Å². The first-order chi connectivity index (χ1) is 21.1. The number of rotatable bonds is 13. The normalized spacial score (nSPS) is 11.9. The van der Waals surface area contributed by atoms with Crippen LogP contribution in [0.15, 0.2) is 108 Å². The molecule has 0 aromatic heterocycles. The second-order valence-corrected chi connectivity index (χ2v) is 12.2. The van der Waals surface area contributed by atoms with E-state index in [1.54, 1.807) is 49.4 Å². The molecule has 1 unspecified atom stereocenters. The summed E-state index contributed by atoms with van der Waals surface area (Å²) in [5.41, 5.74) is 1.37. The van der Waals surface area contributed by atoms with Gasteiger partial charge in [-0.3, -0.25) is 13.9 Å². The van der Waals surface area contributed by atoms with Crippen molar-refractivity contribution < 1.29 is 26.8 Å². The topological polar surface area (TPSA) is 86.8 Å². The number of hydrogen-bond donors (Lipinski definition) is 1. The van der Waals surface area contributed by atoms with Crippen molar-refractivity contribution in [2.45, 2.75) is 44.2 Å². The molecular formula is C34H35F2N3O4S. The Kier molecular flexibility index (Phi) is 10.8. The molecule has 1 N–H and O–H groups in total. The minimum atomic E-state index is -4.45. The third kappa shape index (κ3) is 7.87. The number of nitrogens with zero attached hydrogens (tertiary/aromatic N) is 2. The van der Waals surface area contributed by atoms with Crippen molar-refractivity contribution >= 4 is 27.5 Å². The predicted molar refractivity (Wildman–Crippen MR) is 166 cm³/mol. The zero-order valence-electron chi connectivity index (χ0n) is 24.6. The number of carbonyl (C=O) groups excluding carboxylic acids is 2. The summed E-state index contributed by atoms with van der Waals surface area (Å²) >= 11 is 0. The zero-order chi connectivity index (χ0) is 31.7. The highest BCUT2D eigenvalue weighted by atomic mass is 32.2. The molecule has 0 heterocycles. The third-order valence-corrected chi connectivity index (χ3v) is 8.90. The highest BCUT2D eigenvalue weighted by Crippen LogP contribution is 2.27. The van der Waals surface area contributed by atoms with E-state index in [0.29, 0.717) is 17.3 Å². The van der Waals surface area contributed by atoms with E-state index in [1.807, 2.05) is 13.0 Å². The van der Waals surface area contributed by atoms with Gasteiger partial charge in [-0.25, -0.2) is 17.2 Å². The quantitative estimate of drug-likeness (QED) is 0.210. The Bertz CT molecular complexity index is 1680. The molecule has 0 aliphatic carbocycles. The largest absolute Gasteiger partial charge is 0.354 e. The average molecular weight is 620 g/mol. The summed E-state index contributed by atoms with van der Waals surface area (Å²) in [5.74, 6) is -2.71. The fourth-order valence-corrected chi connectivity index (χ4v) is 6.16. The number of benzene rings is 4. The van der Waals surface area contributed by atoms with Crippen molar-refractivity contribution in [1.29, 1.82) is 0 Å². The standard InChI is InChI=1S/C34H35F2N3O4S/c1-3-21-37-34(41)32(22-26-11-5-4-6-12-26)38(23-27-13-7-8-14-29(27)35)33(40)24-39(31-16-10-9-15-30(31)36)44(42,43)28-19-17-25(2)18-20-28/h4-20,32H,3,21-24H2,1-2H3,(H,37,41). The Morgan fingerprint density at radius 3 is 2.07 bits per heavy atom. The molecular weight excluding hydrogens is 584 g/mol. The maximum Gasteiger partial charge on any atom is 0.264 e. The number of carbonyl (C=O) groups is 2. The van der Waals surface area contributed by atoms with Crippen LogP contribution in [0.4, 0.5) is 14.5 Å². The van der Waals surface area contributed by atoms with E-state index in [0.717, 1.165) is 17.2 Å². The van der Waals surface area contributed by atoms with Gasteiger partial charge in [0.05, 0.1) is 10.6 Å². The average Bonchev–Trinajstić information content (AvgIpc) is 3.02. The zero-order valence-corrected chi connectivity index (χ0v) is 25.4. The van der Waals surface area contributed by atoms with Crippen molar-refractivity contribution in [1.82, 2.24) is 10.2 Å². The van der Waals surface area contributed by atoms with E-state index in [1.165, 1.54) is 53.4 Å². The van der Waals surface area contributed by atoms with Crippen molar-refractivity contribution in [3.05, 3.63) is 131 Å². The van der Waals surface area contributed by atoms with Crippen LogP contribution in [-0.4, -0.2) is 44.3 Å². The lowest BCUT2D eigenvalue weighted by Crippen LogP contribution is -2.53. The van der Waals surface area contributed by atoms with E-state index in [4.69, 9.17) is 0 Å². The van der Waals surface area contributed by atoms with Crippen LogP contribution in [0.25, 0.3) is 0 Å². The lowest BCUT2D eigenvalue weighted by Gasteiger charge is -2.34. The lowest BCUT2D eigenvalue weighted by molar-refractivity contribution is -0.140. The van der Waals surface area contributed by atoms with Crippen LogP contribution in [0.3, 0.4) is 0 Å². The van der Waals surface area contributed by atoms with Gasteiger partial charge in [0.1, 0.15) is 24.2 Å². The van der Waals surface area contributed by atoms with Crippen molar-refractivity contribution in [2.75, 3.05) is 17.4 Å². The summed E-state index contributed by atoms with van der Waals surface area (Å²) in [5, 5.41) is 2.83. The number of halogens is 2. The molecule has 0 bridgehead atoms. The molecule has 0 radical (unpaired) electrons. The number of nitrogens with one attached hydrogen (secondary N) is 1. The van der Waals surface area contributed by atoms with E-state index < -0.39 is 46.1 Å². The lowest BCUT2D eigenvalue weighted by atomic mass is 10.0. The predicted octanol–water partition coefficient (Wildman–Crippen LogP) is 5.63. The first-order valence-electron chi connectivity index (χ1n) is 14.3. The molecule has 0 aliphatic heterocycles. The Morgan fingerprint density at radius 2 is 1.43 bits per heavy atom. The minimum absolute atomic E-state index is 0.0843. The number of aryl methyl sites for hydroxylation is 1. The molecule has 4 rings (SSSR count). The fourth-order valence-electron chi connectivity index (χ4n) is 4.73. The summed E-state index contributed by atoms with van der Waals surface area (Å²) < 4.78 is 58.7. The van der Waals surface area contributed by atoms with Gasteiger partial charge < -0.3 is 10.2 Å². The van der Waals surface area contributed by atoms with Crippen LogP contribution in [-0.2, 0) is 32.6 Å². The van der Waals surface area contributed by atoms with Crippen LogP contribution < -0.4 is 9.62 Å². The molecule has 7 nitrogen and oxygen atoms in total. The second-order valence-electron chi connectivity index (χ2n) is 10.4. The molecule has 1 atom stereocenters. The Labute approximate surface area is 257 Å². The van der Waals surface area contributed by atoms with Crippen LogP contribution in [0.2, 0.25) is 0 Å². The number of hydrogen-bond acceptors (Lipinski definition) is 4. The Balaban J connectivity index is 1.81. The van der Waals surface area contributed by atoms with Crippen LogP contribution in [0.1, 0.15) is 30.0 Å². The first-order valence-corrected chi connectivity index (χ1v) is 15.7. The van der Waals surface area contributed by atoms with E-state index in [9.17, 15) is 22.4 Å². The fraction of sp³-hybridized carbons (Fsp3) is 0.235. The molecule has 0 aliphatic rings. The SMILES string of the molecule is CCCNC(=O)C(Cc1ccccc1)N(Cc1ccccc1F)C(=O)CN(c1ccccc1F)S(=O)(=O)c1ccc(C)cc1. The van der Waals surface area contributed by atoms with Crippen molar-refractivity contribution in [3.8, 4) is 0 Å². The van der Waals surface area contributed by atoms with Crippen molar-refractivity contribution in [3.63, 3.8) is 0 Å². The summed E-state index contributed by atoms with van der Waals surface area (Å²) in [6.07, 6.45) is 0.724. The van der Waals surface area contributed by atoms with Gasteiger partial charge >= 0.3 is 0 Å². The summed E-state index contributed by atoms with van der Waals surface area (Å²) in [7, 11) is -4.45. The maximum absolute atomic E-state index is 15.2. The van der Waals surface area contributed by atoms with E-state index in [2.05, 4.69) is 5.32 Å². The number of sulfonamides is 1. The van der Waals surface area contributed by atoms with Gasteiger partial charge in [-0.2, -0.15) is 0 Å². The highest BCUT2D eigenvalue weighted by molar-refractivity contribution is 7.92. The van der Waals surface area contributed by atoms with Gasteiger partial charge in [0.2, 0.25) is 11.8 Å². The van der Waals surface area contributed by atoms with Crippen LogP contribution in [0.5, 0.6) is 0 Å². The van der Waals surface area contributed by atoms with Gasteiger partial charge in [0, 0.05) is 25.1 Å². The minimum Gasteiger partial charge on any atom is -0.354 e. The summed E-state index contributed by atoms with van der Waals surface area (Å²) in [4.78, 5) is 28.9. The third-order valence-electron chi connectivity index (χ3n) is 7.13. The molecule has 0 saturated carbocycles. The second kappa shape index (κ2) is 14.7. The van der Waals surface area contributed by atoms with Gasteiger partial charge in [-0.15, -0.1) is 0 Å². The number of amides is 2. The van der Waals surface area contributed by atoms with Gasteiger partial charge in [-0.1, -0.05) is 85.3 Å². The highest BCUT2D eigenvalue weighted by Gasteiger charge is 2.35. The number of anilines is 1. The molecule has 0 fully saturated rings. The molecule has 0 saturated heterocycles. The Hall–Kier alpha value is -4.57. The number of para-hydroxylation sites is 1. The molecule has 4 aromatic rings. The first kappa shape index (κ1) is 32.3. The maximum atomic E-state index is 15.2. The molecule has 2 amide bonds. The molecule has 0 spiro atoms. The molecule has 44 heavy (non-hydrogen) atoms. The van der Waals surface area contributed by atoms with Gasteiger partial charge in [-0.05, 0) is 49.2 Å². The van der Waals surface area contributed by atoms with Gasteiger partial charge in [0.15, 0.2) is 0 Å². The summed E-state index contributed by atoms with van der Waals surface area (Å²) in [6, 6.07) is 25.0. The molecule has 10 heteroatoms. The molecule has 4 aromatic carbocycles.